The first-order valence-corrected chi connectivity index (χ1v) is 7.30. The Bertz CT molecular complexity index is 442. The summed E-state index contributed by atoms with van der Waals surface area (Å²) in [5, 5.41) is 11.9. The molecule has 0 bridgehead atoms. The Morgan fingerprint density at radius 3 is 2.37 bits per heavy atom. The molecule has 0 aliphatic heterocycles. The van der Waals surface area contributed by atoms with Crippen molar-refractivity contribution in [2.75, 3.05) is 11.9 Å². The molecule has 19 heavy (non-hydrogen) atoms. The maximum absolute atomic E-state index is 12.2. The van der Waals surface area contributed by atoms with Crippen molar-refractivity contribution in [1.29, 1.82) is 0 Å². The summed E-state index contributed by atoms with van der Waals surface area (Å²) in [5.74, 6) is 1.77. The van der Waals surface area contributed by atoms with Gasteiger partial charge in [-0.1, -0.05) is 25.0 Å². The average Bonchev–Trinajstić information content (AvgIpc) is 3.15. The molecule has 2 N–H and O–H groups in total. The molecule has 3 nitrogen and oxygen atoms in total. The van der Waals surface area contributed by atoms with Crippen LogP contribution in [0.3, 0.4) is 0 Å². The number of aliphatic hydroxyl groups is 1. The van der Waals surface area contributed by atoms with Gasteiger partial charge in [0.05, 0.1) is 0 Å². The van der Waals surface area contributed by atoms with Crippen LogP contribution in [-0.4, -0.2) is 17.6 Å². The van der Waals surface area contributed by atoms with E-state index in [1.165, 1.54) is 25.7 Å². The summed E-state index contributed by atoms with van der Waals surface area (Å²) in [6.07, 6.45) is 5.72. The Balaban J connectivity index is 1.57. The van der Waals surface area contributed by atoms with Crippen molar-refractivity contribution >= 4 is 11.6 Å². The molecule has 0 saturated heterocycles. The Labute approximate surface area is 114 Å². The van der Waals surface area contributed by atoms with Crippen LogP contribution in [0.15, 0.2) is 24.3 Å². The Kier molecular flexibility index (Phi) is 3.56. The predicted molar refractivity (Wildman–Crippen MR) is 74.8 cm³/mol. The van der Waals surface area contributed by atoms with Gasteiger partial charge in [0.2, 0.25) is 5.91 Å². The number of benzene rings is 1. The highest BCUT2D eigenvalue weighted by atomic mass is 16.2. The molecule has 0 aromatic heterocycles. The lowest BCUT2D eigenvalue weighted by Gasteiger charge is -2.06. The van der Waals surface area contributed by atoms with Crippen LogP contribution in [-0.2, 0) is 11.2 Å². The van der Waals surface area contributed by atoms with Crippen molar-refractivity contribution in [3.05, 3.63) is 29.8 Å². The summed E-state index contributed by atoms with van der Waals surface area (Å²) < 4.78 is 0. The highest BCUT2D eigenvalue weighted by Gasteiger charge is 2.54. The Morgan fingerprint density at radius 2 is 1.79 bits per heavy atom. The molecule has 102 valence electrons. The number of hydrogen-bond acceptors (Lipinski definition) is 2. The summed E-state index contributed by atoms with van der Waals surface area (Å²) in [7, 11) is 0. The first-order valence-electron chi connectivity index (χ1n) is 7.30. The molecule has 3 heteroatoms. The molecular weight excluding hydrogens is 238 g/mol. The number of carbonyl (C=O) groups excluding carboxylic acids is 1. The third kappa shape index (κ3) is 2.66. The SMILES string of the molecule is O=C(Nc1ccc(CCO)cc1)C1C2CCCCC21. The lowest BCUT2D eigenvalue weighted by molar-refractivity contribution is -0.117. The van der Waals surface area contributed by atoms with E-state index in [0.29, 0.717) is 18.3 Å². The molecule has 1 aromatic rings. The van der Waals surface area contributed by atoms with E-state index < -0.39 is 0 Å². The monoisotopic (exact) mass is 259 g/mol. The molecule has 1 amide bonds. The molecule has 0 heterocycles. The molecule has 2 unspecified atom stereocenters. The minimum Gasteiger partial charge on any atom is -0.396 e. The quantitative estimate of drug-likeness (QED) is 0.873. The third-order valence-corrected chi connectivity index (χ3v) is 4.58. The van der Waals surface area contributed by atoms with Gasteiger partial charge < -0.3 is 10.4 Å². The smallest absolute Gasteiger partial charge is 0.228 e. The Morgan fingerprint density at radius 1 is 1.16 bits per heavy atom. The van der Waals surface area contributed by atoms with E-state index in [2.05, 4.69) is 5.32 Å². The Hall–Kier alpha value is -1.35. The van der Waals surface area contributed by atoms with Gasteiger partial charge >= 0.3 is 0 Å². The maximum atomic E-state index is 12.2. The number of hydrogen-bond donors (Lipinski definition) is 2. The summed E-state index contributed by atoms with van der Waals surface area (Å²) in [5.41, 5.74) is 1.97. The second-order valence-corrected chi connectivity index (χ2v) is 5.80. The lowest BCUT2D eigenvalue weighted by Crippen LogP contribution is -2.15. The fourth-order valence-corrected chi connectivity index (χ4v) is 3.49. The highest BCUT2D eigenvalue weighted by molar-refractivity contribution is 5.94. The number of anilines is 1. The number of carbonyl (C=O) groups is 1. The van der Waals surface area contributed by atoms with E-state index in [0.717, 1.165) is 11.3 Å². The van der Waals surface area contributed by atoms with E-state index in [-0.39, 0.29) is 18.4 Å². The summed E-state index contributed by atoms with van der Waals surface area (Å²) in [4.78, 5) is 12.2. The van der Waals surface area contributed by atoms with Crippen molar-refractivity contribution in [2.45, 2.75) is 32.1 Å². The topological polar surface area (TPSA) is 49.3 Å². The fraction of sp³-hybridized carbons (Fsp3) is 0.562. The van der Waals surface area contributed by atoms with Crippen LogP contribution >= 0.6 is 0 Å². The zero-order chi connectivity index (χ0) is 13.2. The van der Waals surface area contributed by atoms with Crippen LogP contribution in [0.4, 0.5) is 5.69 Å². The van der Waals surface area contributed by atoms with Crippen LogP contribution in [0.2, 0.25) is 0 Å². The molecule has 3 rings (SSSR count). The number of amides is 1. The molecular formula is C16H21NO2. The largest absolute Gasteiger partial charge is 0.396 e. The molecule has 2 fully saturated rings. The van der Waals surface area contributed by atoms with Crippen molar-refractivity contribution in [1.82, 2.24) is 0 Å². The van der Waals surface area contributed by atoms with Gasteiger partial charge in [-0.05, 0) is 48.8 Å². The van der Waals surface area contributed by atoms with Gasteiger partial charge in [-0.25, -0.2) is 0 Å². The zero-order valence-electron chi connectivity index (χ0n) is 11.1. The molecule has 1 aromatic carbocycles. The standard InChI is InChI=1S/C16H21NO2/c18-10-9-11-5-7-12(8-6-11)17-16(19)15-13-3-1-2-4-14(13)15/h5-8,13-15,18H,1-4,9-10H2,(H,17,19). The van der Waals surface area contributed by atoms with Gasteiger partial charge in [-0.15, -0.1) is 0 Å². The van der Waals surface area contributed by atoms with Gasteiger partial charge in [0.1, 0.15) is 0 Å². The van der Waals surface area contributed by atoms with Crippen molar-refractivity contribution in [3.8, 4) is 0 Å². The third-order valence-electron chi connectivity index (χ3n) is 4.58. The van der Waals surface area contributed by atoms with Crippen LogP contribution < -0.4 is 5.32 Å². The second kappa shape index (κ2) is 5.33. The van der Waals surface area contributed by atoms with Crippen molar-refractivity contribution in [3.63, 3.8) is 0 Å². The maximum Gasteiger partial charge on any atom is 0.228 e. The van der Waals surface area contributed by atoms with Crippen molar-refractivity contribution in [2.24, 2.45) is 17.8 Å². The number of nitrogens with one attached hydrogen (secondary N) is 1. The summed E-state index contributed by atoms with van der Waals surface area (Å²) in [6.45, 7) is 0.164. The van der Waals surface area contributed by atoms with E-state index in [4.69, 9.17) is 5.11 Å². The molecule has 2 aliphatic rings. The first kappa shape index (κ1) is 12.7. The lowest BCUT2D eigenvalue weighted by atomic mass is 10.0. The normalized spacial score (nSPS) is 28.6. The molecule has 0 radical (unpaired) electrons. The fourth-order valence-electron chi connectivity index (χ4n) is 3.49. The van der Waals surface area contributed by atoms with Crippen LogP contribution in [0.25, 0.3) is 0 Å². The van der Waals surface area contributed by atoms with Gasteiger partial charge in [0, 0.05) is 18.2 Å². The van der Waals surface area contributed by atoms with E-state index in [1.54, 1.807) is 0 Å². The van der Waals surface area contributed by atoms with Gasteiger partial charge in [0.25, 0.3) is 0 Å². The number of rotatable bonds is 4. The minimum atomic E-state index is 0.164. The predicted octanol–water partition coefficient (Wildman–Crippen LogP) is 2.60. The molecule has 0 spiro atoms. The second-order valence-electron chi connectivity index (χ2n) is 5.80. The first-order chi connectivity index (χ1) is 9.29. The summed E-state index contributed by atoms with van der Waals surface area (Å²) in [6, 6.07) is 7.78. The van der Waals surface area contributed by atoms with Crippen LogP contribution in [0, 0.1) is 17.8 Å². The van der Waals surface area contributed by atoms with Crippen molar-refractivity contribution < 1.29 is 9.90 Å². The van der Waals surface area contributed by atoms with E-state index >= 15 is 0 Å². The number of aliphatic hydroxyl groups excluding tert-OH is 1. The van der Waals surface area contributed by atoms with Gasteiger partial charge in [-0.3, -0.25) is 4.79 Å². The number of fused-ring (bicyclic) bond motifs is 1. The highest BCUT2D eigenvalue weighted by Crippen LogP contribution is 2.55. The van der Waals surface area contributed by atoms with Gasteiger partial charge in [-0.2, -0.15) is 0 Å². The zero-order valence-corrected chi connectivity index (χ0v) is 11.1. The van der Waals surface area contributed by atoms with Crippen LogP contribution in [0.1, 0.15) is 31.2 Å². The van der Waals surface area contributed by atoms with Gasteiger partial charge in [0.15, 0.2) is 0 Å². The molecule has 2 saturated carbocycles. The summed E-state index contributed by atoms with van der Waals surface area (Å²) >= 11 is 0. The average molecular weight is 259 g/mol. The van der Waals surface area contributed by atoms with E-state index in [9.17, 15) is 4.79 Å². The molecule has 2 atom stereocenters. The van der Waals surface area contributed by atoms with Crippen LogP contribution in [0.5, 0.6) is 0 Å². The molecule has 2 aliphatic carbocycles. The minimum absolute atomic E-state index is 0.164. The van der Waals surface area contributed by atoms with E-state index in [1.807, 2.05) is 24.3 Å².